The molecule has 14 aromatic rings. The zero-order valence-corrected chi connectivity index (χ0v) is 36.8. The summed E-state index contributed by atoms with van der Waals surface area (Å²) in [6.45, 7) is 0. The van der Waals surface area contributed by atoms with Crippen molar-refractivity contribution in [3.63, 3.8) is 0 Å². The number of rotatable bonds is 6. The molecule has 0 fully saturated rings. The maximum absolute atomic E-state index is 5.47. The number of benzene rings is 10. The molecular weight excluding hydrogens is 835 g/mol. The quantitative estimate of drug-likeness (QED) is 0.167. The van der Waals surface area contributed by atoms with Gasteiger partial charge in [-0.1, -0.05) is 152 Å². The fourth-order valence-electron chi connectivity index (χ4n) is 10.4. The number of para-hydroxylation sites is 3. The van der Waals surface area contributed by atoms with Crippen molar-refractivity contribution >= 4 is 85.9 Å². The number of fused-ring (bicyclic) bond motifs is 10. The zero-order chi connectivity index (χ0) is 44.0. The largest absolute Gasteiger partial charge is 0.309 e. The standard InChI is InChI=1S/C61H37N5S/c1-3-17-38(18-4-1)59-62-60(64-61(63-59)47-27-15-30-53-57(47)45-24-10-13-29-51(45)65(53)42-21-5-2-6-22-42)41-33-34-52(49(36-41)44-26-16-32-56-58(44)46-25-11-14-31-55(46)67-56)66-50-28-12-9-23-43(50)48-35-39-19-7-8-20-40(39)37-54(48)66/h1-37H. The smallest absolute Gasteiger partial charge is 0.164 e. The van der Waals surface area contributed by atoms with Crippen molar-refractivity contribution in [2.75, 3.05) is 0 Å². The molecule has 67 heavy (non-hydrogen) atoms. The second-order valence-corrected chi connectivity index (χ2v) is 18.2. The Morgan fingerprint density at radius 3 is 1.73 bits per heavy atom. The Kier molecular flexibility index (Phi) is 8.38. The molecule has 0 spiro atoms. The van der Waals surface area contributed by atoms with Crippen LogP contribution in [-0.2, 0) is 0 Å². The van der Waals surface area contributed by atoms with Gasteiger partial charge in [-0.05, 0) is 89.1 Å². The normalized spacial score (nSPS) is 11.9. The average molecular weight is 872 g/mol. The SMILES string of the molecule is c1ccc(-c2nc(-c3ccc(-n4c5ccccc5c5cc6ccccc6cc54)c(-c4cccc5sc6ccccc6c45)c3)nc(-c3cccc4c3c3ccccc3n4-c3ccccc3)n2)cc1. The van der Waals surface area contributed by atoms with E-state index in [1.807, 2.05) is 29.5 Å². The molecule has 0 unspecified atom stereocenters. The third kappa shape index (κ3) is 5.90. The third-order valence-electron chi connectivity index (χ3n) is 13.3. The van der Waals surface area contributed by atoms with Crippen LogP contribution in [0.1, 0.15) is 0 Å². The first kappa shape index (κ1) is 37.6. The van der Waals surface area contributed by atoms with Gasteiger partial charge in [0.25, 0.3) is 0 Å². The predicted molar refractivity (Wildman–Crippen MR) is 281 cm³/mol. The van der Waals surface area contributed by atoms with Crippen LogP contribution in [0.4, 0.5) is 0 Å². The number of nitrogens with zero attached hydrogens (tertiary/aromatic N) is 5. The van der Waals surface area contributed by atoms with Gasteiger partial charge in [-0.2, -0.15) is 0 Å². The lowest BCUT2D eigenvalue weighted by molar-refractivity contribution is 1.07. The molecule has 0 saturated heterocycles. The molecule has 312 valence electrons. The van der Waals surface area contributed by atoms with Gasteiger partial charge in [0, 0.05) is 69.7 Å². The molecule has 0 aliphatic carbocycles. The molecule has 14 rings (SSSR count). The monoisotopic (exact) mass is 871 g/mol. The van der Waals surface area contributed by atoms with Crippen LogP contribution in [-0.4, -0.2) is 24.1 Å². The van der Waals surface area contributed by atoms with Crippen molar-refractivity contribution in [3.05, 3.63) is 224 Å². The van der Waals surface area contributed by atoms with Crippen molar-refractivity contribution in [2.24, 2.45) is 0 Å². The maximum Gasteiger partial charge on any atom is 0.164 e. The molecule has 10 aromatic carbocycles. The third-order valence-corrected chi connectivity index (χ3v) is 14.5. The summed E-state index contributed by atoms with van der Waals surface area (Å²) in [7, 11) is 0. The lowest BCUT2D eigenvalue weighted by Gasteiger charge is -2.17. The molecule has 0 bridgehead atoms. The van der Waals surface area contributed by atoms with Crippen molar-refractivity contribution < 1.29 is 0 Å². The summed E-state index contributed by atoms with van der Waals surface area (Å²) >= 11 is 1.84. The first-order valence-corrected chi connectivity index (χ1v) is 23.4. The van der Waals surface area contributed by atoms with E-state index < -0.39 is 0 Å². The van der Waals surface area contributed by atoms with Crippen LogP contribution in [0.5, 0.6) is 0 Å². The fourth-order valence-corrected chi connectivity index (χ4v) is 11.5. The average Bonchev–Trinajstić information content (AvgIpc) is 4.06. The molecule has 0 aliphatic rings. The van der Waals surface area contributed by atoms with Crippen molar-refractivity contribution in [2.45, 2.75) is 0 Å². The van der Waals surface area contributed by atoms with Gasteiger partial charge >= 0.3 is 0 Å². The van der Waals surface area contributed by atoms with Gasteiger partial charge in [0.05, 0.1) is 27.8 Å². The van der Waals surface area contributed by atoms with Gasteiger partial charge in [0.1, 0.15) is 0 Å². The number of aromatic nitrogens is 5. The summed E-state index contributed by atoms with van der Waals surface area (Å²) in [6.07, 6.45) is 0. The molecule has 0 N–H and O–H groups in total. The molecule has 0 amide bonds. The molecule has 4 heterocycles. The van der Waals surface area contributed by atoms with E-state index >= 15 is 0 Å². The summed E-state index contributed by atoms with van der Waals surface area (Å²) in [5.74, 6) is 1.85. The molecule has 0 aliphatic heterocycles. The second-order valence-electron chi connectivity index (χ2n) is 17.1. The number of hydrogen-bond donors (Lipinski definition) is 0. The minimum atomic E-state index is 0.607. The van der Waals surface area contributed by atoms with Crippen LogP contribution in [0.2, 0.25) is 0 Å². The summed E-state index contributed by atoms with van der Waals surface area (Å²) in [4.78, 5) is 16.1. The molecule has 5 nitrogen and oxygen atoms in total. The highest BCUT2D eigenvalue weighted by atomic mass is 32.1. The minimum Gasteiger partial charge on any atom is -0.309 e. The van der Waals surface area contributed by atoms with Gasteiger partial charge in [0.2, 0.25) is 0 Å². The Labute approximate surface area is 389 Å². The Bertz CT molecular complexity index is 4280. The maximum atomic E-state index is 5.47. The van der Waals surface area contributed by atoms with Crippen molar-refractivity contribution in [1.29, 1.82) is 0 Å². The predicted octanol–water partition coefficient (Wildman–Crippen LogP) is 16.3. The highest BCUT2D eigenvalue weighted by molar-refractivity contribution is 7.25. The Morgan fingerprint density at radius 2 is 0.910 bits per heavy atom. The Morgan fingerprint density at radius 1 is 0.313 bits per heavy atom. The van der Waals surface area contributed by atoms with Gasteiger partial charge in [-0.25, -0.2) is 15.0 Å². The van der Waals surface area contributed by atoms with E-state index in [4.69, 9.17) is 15.0 Å². The minimum absolute atomic E-state index is 0.607. The highest BCUT2D eigenvalue weighted by Crippen LogP contribution is 2.45. The summed E-state index contributed by atoms with van der Waals surface area (Å²) in [5.41, 5.74) is 11.8. The zero-order valence-electron chi connectivity index (χ0n) is 36.0. The molecule has 4 aromatic heterocycles. The van der Waals surface area contributed by atoms with Crippen LogP contribution >= 0.6 is 11.3 Å². The van der Waals surface area contributed by atoms with E-state index in [1.54, 1.807) is 0 Å². The topological polar surface area (TPSA) is 48.5 Å². The van der Waals surface area contributed by atoms with Gasteiger partial charge in [-0.3, -0.25) is 0 Å². The molecule has 0 radical (unpaired) electrons. The highest BCUT2D eigenvalue weighted by Gasteiger charge is 2.23. The van der Waals surface area contributed by atoms with E-state index in [2.05, 4.69) is 215 Å². The Hall–Kier alpha value is -8.71. The van der Waals surface area contributed by atoms with Crippen LogP contribution in [0.25, 0.3) is 131 Å². The van der Waals surface area contributed by atoms with Crippen LogP contribution in [0, 0.1) is 0 Å². The van der Waals surface area contributed by atoms with E-state index in [9.17, 15) is 0 Å². The van der Waals surface area contributed by atoms with E-state index in [-0.39, 0.29) is 0 Å². The lowest BCUT2D eigenvalue weighted by Crippen LogP contribution is -2.02. The van der Waals surface area contributed by atoms with E-state index in [1.165, 1.54) is 41.7 Å². The summed E-state index contributed by atoms with van der Waals surface area (Å²) in [5, 5.41) is 9.61. The Balaban J connectivity index is 1.06. The molecule has 0 atom stereocenters. The van der Waals surface area contributed by atoms with Gasteiger partial charge < -0.3 is 9.13 Å². The van der Waals surface area contributed by atoms with E-state index in [0.717, 1.165) is 72.0 Å². The van der Waals surface area contributed by atoms with Crippen molar-refractivity contribution in [3.8, 4) is 56.7 Å². The molecule has 0 saturated carbocycles. The van der Waals surface area contributed by atoms with Gasteiger partial charge in [-0.15, -0.1) is 11.3 Å². The van der Waals surface area contributed by atoms with Crippen LogP contribution in [0.3, 0.4) is 0 Å². The first-order valence-electron chi connectivity index (χ1n) is 22.6. The van der Waals surface area contributed by atoms with Crippen LogP contribution in [0.15, 0.2) is 224 Å². The fraction of sp³-hybridized carbons (Fsp3) is 0. The summed E-state index contributed by atoms with van der Waals surface area (Å²) in [6, 6.07) is 80.4. The first-order chi connectivity index (χ1) is 33.2. The number of thiophene rings is 1. The lowest BCUT2D eigenvalue weighted by atomic mass is 9.95. The van der Waals surface area contributed by atoms with Crippen LogP contribution < -0.4 is 0 Å². The van der Waals surface area contributed by atoms with E-state index in [0.29, 0.717) is 17.5 Å². The second kappa shape index (κ2) is 14.9. The van der Waals surface area contributed by atoms with Crippen molar-refractivity contribution in [1.82, 2.24) is 24.1 Å². The molecular formula is C61H37N5S. The summed E-state index contributed by atoms with van der Waals surface area (Å²) < 4.78 is 7.32. The van der Waals surface area contributed by atoms with Gasteiger partial charge in [0.15, 0.2) is 17.5 Å². The molecule has 6 heteroatoms. The number of hydrogen-bond acceptors (Lipinski definition) is 4.